The Bertz CT molecular complexity index is 1160. The number of carbonyl (C=O) groups excluding carboxylic acids is 3. The minimum absolute atomic E-state index is 0.0239. The van der Waals surface area contributed by atoms with Crippen LogP contribution in [-0.4, -0.2) is 52.7 Å². The standard InChI is InChI=1S/C30H33N3O6/c1-4-37-28(34)19-7-10-31-25(16-19)22-13-23(26-17-20(8-11-32-26)29(35)38-5-2)15-24(14-22)27-18-21(9-12-33-27)30(36)39-6-3/h7-12,16-18,22-24H,4-6,13-15H2,1-3H3. The number of esters is 3. The molecule has 0 aliphatic heterocycles. The molecule has 9 heteroatoms. The van der Waals surface area contributed by atoms with Crippen molar-refractivity contribution >= 4 is 17.9 Å². The quantitative estimate of drug-likeness (QED) is 0.270. The summed E-state index contributed by atoms with van der Waals surface area (Å²) in [4.78, 5) is 51.0. The highest BCUT2D eigenvalue weighted by Gasteiger charge is 2.34. The molecule has 0 aromatic carbocycles. The van der Waals surface area contributed by atoms with Crippen molar-refractivity contribution in [3.8, 4) is 0 Å². The van der Waals surface area contributed by atoms with E-state index in [1.54, 1.807) is 75.8 Å². The minimum atomic E-state index is -0.391. The van der Waals surface area contributed by atoms with Gasteiger partial charge in [-0.15, -0.1) is 0 Å². The maximum absolute atomic E-state index is 12.4. The Labute approximate surface area is 227 Å². The number of rotatable bonds is 9. The van der Waals surface area contributed by atoms with Crippen LogP contribution in [0.2, 0.25) is 0 Å². The molecule has 1 fully saturated rings. The summed E-state index contributed by atoms with van der Waals surface area (Å²) in [6.07, 6.45) is 7.02. The van der Waals surface area contributed by atoms with Gasteiger partial charge in [0.2, 0.25) is 0 Å². The number of pyridine rings is 3. The first-order valence-electron chi connectivity index (χ1n) is 13.3. The summed E-state index contributed by atoms with van der Waals surface area (Å²) >= 11 is 0. The molecule has 3 heterocycles. The average Bonchev–Trinajstić information content (AvgIpc) is 2.97. The van der Waals surface area contributed by atoms with Crippen LogP contribution in [0.25, 0.3) is 0 Å². The lowest BCUT2D eigenvalue weighted by Crippen LogP contribution is -2.22. The zero-order chi connectivity index (χ0) is 27.8. The van der Waals surface area contributed by atoms with E-state index in [0.29, 0.717) is 36.0 Å². The lowest BCUT2D eigenvalue weighted by atomic mass is 9.71. The van der Waals surface area contributed by atoms with Crippen molar-refractivity contribution in [2.45, 2.75) is 57.8 Å². The first-order valence-corrected chi connectivity index (χ1v) is 13.3. The third-order valence-electron chi connectivity index (χ3n) is 6.84. The zero-order valence-corrected chi connectivity index (χ0v) is 22.5. The van der Waals surface area contributed by atoms with Crippen LogP contribution < -0.4 is 0 Å². The zero-order valence-electron chi connectivity index (χ0n) is 22.5. The van der Waals surface area contributed by atoms with Crippen molar-refractivity contribution in [2.75, 3.05) is 19.8 Å². The molecular weight excluding hydrogens is 498 g/mol. The molecule has 0 atom stereocenters. The summed E-state index contributed by atoms with van der Waals surface area (Å²) in [5, 5.41) is 0. The van der Waals surface area contributed by atoms with Crippen molar-refractivity contribution in [3.05, 3.63) is 88.8 Å². The monoisotopic (exact) mass is 531 g/mol. The van der Waals surface area contributed by atoms with Gasteiger partial charge < -0.3 is 14.2 Å². The van der Waals surface area contributed by atoms with Crippen molar-refractivity contribution in [1.82, 2.24) is 15.0 Å². The molecule has 1 aliphatic rings. The number of carbonyl (C=O) groups is 3. The topological polar surface area (TPSA) is 118 Å². The Morgan fingerprint density at radius 3 is 1.13 bits per heavy atom. The van der Waals surface area contributed by atoms with Gasteiger partial charge in [-0.2, -0.15) is 0 Å². The van der Waals surface area contributed by atoms with Gasteiger partial charge in [-0.05, 0) is 76.4 Å². The largest absolute Gasteiger partial charge is 0.462 e. The number of hydrogen-bond acceptors (Lipinski definition) is 9. The van der Waals surface area contributed by atoms with Gasteiger partial charge in [-0.1, -0.05) is 0 Å². The van der Waals surface area contributed by atoms with Crippen LogP contribution in [0.15, 0.2) is 55.0 Å². The predicted molar refractivity (Wildman–Crippen MR) is 143 cm³/mol. The molecule has 204 valence electrons. The van der Waals surface area contributed by atoms with Gasteiger partial charge in [0, 0.05) is 53.4 Å². The highest BCUT2D eigenvalue weighted by atomic mass is 16.5. The van der Waals surface area contributed by atoms with Crippen molar-refractivity contribution in [1.29, 1.82) is 0 Å². The molecule has 1 aliphatic carbocycles. The van der Waals surface area contributed by atoms with Gasteiger partial charge in [-0.25, -0.2) is 14.4 Å². The van der Waals surface area contributed by atoms with Crippen LogP contribution >= 0.6 is 0 Å². The molecule has 0 amide bonds. The van der Waals surface area contributed by atoms with E-state index in [9.17, 15) is 14.4 Å². The minimum Gasteiger partial charge on any atom is -0.462 e. The second-order valence-corrected chi connectivity index (χ2v) is 9.37. The van der Waals surface area contributed by atoms with Crippen LogP contribution in [0.5, 0.6) is 0 Å². The Hall–Kier alpha value is -4.14. The molecule has 0 bridgehead atoms. The molecule has 39 heavy (non-hydrogen) atoms. The van der Waals surface area contributed by atoms with Gasteiger partial charge in [0.25, 0.3) is 0 Å². The summed E-state index contributed by atoms with van der Waals surface area (Å²) in [5.74, 6) is -1.24. The molecule has 4 rings (SSSR count). The molecule has 0 radical (unpaired) electrons. The number of ether oxygens (including phenoxy) is 3. The fourth-order valence-corrected chi connectivity index (χ4v) is 5.08. The van der Waals surface area contributed by atoms with Crippen molar-refractivity contribution < 1.29 is 28.6 Å². The van der Waals surface area contributed by atoms with Gasteiger partial charge in [0.05, 0.1) is 36.5 Å². The van der Waals surface area contributed by atoms with E-state index in [1.807, 2.05) is 0 Å². The van der Waals surface area contributed by atoms with Crippen LogP contribution in [0.3, 0.4) is 0 Å². The van der Waals surface area contributed by atoms with Gasteiger partial charge in [0.15, 0.2) is 0 Å². The van der Waals surface area contributed by atoms with Crippen LogP contribution in [0.1, 0.15) is 106 Å². The first kappa shape index (κ1) is 27.9. The highest BCUT2D eigenvalue weighted by Crippen LogP contribution is 2.47. The summed E-state index contributed by atoms with van der Waals surface area (Å²) in [5.41, 5.74) is 3.68. The summed E-state index contributed by atoms with van der Waals surface area (Å²) < 4.78 is 15.6. The number of aromatic nitrogens is 3. The molecule has 0 spiro atoms. The molecule has 0 unspecified atom stereocenters. The Morgan fingerprint density at radius 1 is 0.590 bits per heavy atom. The van der Waals surface area contributed by atoms with Crippen LogP contribution in [0.4, 0.5) is 0 Å². The average molecular weight is 532 g/mol. The van der Waals surface area contributed by atoms with Gasteiger partial charge in [0.1, 0.15) is 0 Å². The van der Waals surface area contributed by atoms with E-state index in [2.05, 4.69) is 15.0 Å². The third-order valence-corrected chi connectivity index (χ3v) is 6.84. The van der Waals surface area contributed by atoms with E-state index in [-0.39, 0.29) is 37.6 Å². The van der Waals surface area contributed by atoms with E-state index in [0.717, 1.165) is 17.1 Å². The summed E-state index contributed by atoms with van der Waals surface area (Å²) in [6.45, 7) is 6.17. The fourth-order valence-electron chi connectivity index (χ4n) is 5.08. The van der Waals surface area contributed by atoms with Gasteiger partial charge >= 0.3 is 17.9 Å². The first-order chi connectivity index (χ1) is 18.9. The number of hydrogen-bond donors (Lipinski definition) is 0. The second kappa shape index (κ2) is 13.1. The van der Waals surface area contributed by atoms with Crippen molar-refractivity contribution in [2.24, 2.45) is 0 Å². The molecule has 0 saturated heterocycles. The molecular formula is C30H33N3O6. The van der Waals surface area contributed by atoms with Crippen LogP contribution in [-0.2, 0) is 14.2 Å². The molecule has 9 nitrogen and oxygen atoms in total. The molecule has 0 N–H and O–H groups in total. The number of nitrogens with zero attached hydrogens (tertiary/aromatic N) is 3. The Balaban J connectivity index is 1.70. The highest BCUT2D eigenvalue weighted by molar-refractivity contribution is 5.90. The predicted octanol–water partition coefficient (Wildman–Crippen LogP) is 5.24. The third kappa shape index (κ3) is 6.85. The van der Waals surface area contributed by atoms with E-state index in [1.165, 1.54) is 0 Å². The normalized spacial score (nSPS) is 18.7. The Morgan fingerprint density at radius 2 is 0.872 bits per heavy atom. The van der Waals surface area contributed by atoms with E-state index in [4.69, 9.17) is 14.2 Å². The maximum Gasteiger partial charge on any atom is 0.338 e. The van der Waals surface area contributed by atoms with Crippen molar-refractivity contribution in [3.63, 3.8) is 0 Å². The molecule has 3 aromatic rings. The maximum atomic E-state index is 12.4. The SMILES string of the molecule is CCOC(=O)c1ccnc(C2CC(c3cc(C(=O)OCC)ccn3)CC(c3cc(C(=O)OCC)ccn3)C2)c1. The van der Waals surface area contributed by atoms with Crippen LogP contribution in [0, 0.1) is 0 Å². The summed E-state index contributed by atoms with van der Waals surface area (Å²) in [7, 11) is 0. The summed E-state index contributed by atoms with van der Waals surface area (Å²) in [6, 6.07) is 10.3. The van der Waals surface area contributed by atoms with Gasteiger partial charge in [-0.3, -0.25) is 15.0 Å². The molecule has 3 aromatic heterocycles. The lowest BCUT2D eigenvalue weighted by Gasteiger charge is -2.34. The Kier molecular flexibility index (Phi) is 9.35. The van der Waals surface area contributed by atoms with E-state index >= 15 is 0 Å². The molecule has 1 saturated carbocycles. The lowest BCUT2D eigenvalue weighted by molar-refractivity contribution is 0.0516. The fraction of sp³-hybridized carbons (Fsp3) is 0.400. The smallest absolute Gasteiger partial charge is 0.338 e. The van der Waals surface area contributed by atoms with E-state index < -0.39 is 17.9 Å². The second-order valence-electron chi connectivity index (χ2n) is 9.37.